The minimum Gasteiger partial charge on any atom is -0.497 e. The number of carbonyl (C=O) groups is 3. The number of benzene rings is 3. The Bertz CT molecular complexity index is 1670. The monoisotopic (exact) mass is 519 g/mol. The lowest BCUT2D eigenvalue weighted by Crippen LogP contribution is -2.48. The van der Waals surface area contributed by atoms with E-state index in [2.05, 4.69) is 0 Å². The first-order valence-electron chi connectivity index (χ1n) is 12.6. The summed E-state index contributed by atoms with van der Waals surface area (Å²) in [7, 11) is 1.52. The zero-order chi connectivity index (χ0) is 26.9. The number of rotatable bonds is 4. The van der Waals surface area contributed by atoms with Crippen LogP contribution in [0.2, 0.25) is 0 Å². The van der Waals surface area contributed by atoms with Crippen LogP contribution < -0.4 is 9.64 Å². The van der Waals surface area contributed by atoms with E-state index in [0.29, 0.717) is 39.5 Å². The number of hydrogen-bond acceptors (Lipinski definition) is 6. The summed E-state index contributed by atoms with van der Waals surface area (Å²) in [6.07, 6.45) is 4.95. The zero-order valence-electron chi connectivity index (χ0n) is 20.8. The van der Waals surface area contributed by atoms with E-state index in [4.69, 9.17) is 9.15 Å². The van der Waals surface area contributed by atoms with Crippen molar-refractivity contribution in [2.24, 2.45) is 5.41 Å². The maximum Gasteiger partial charge on any atom is 0.186 e. The van der Waals surface area contributed by atoms with E-state index < -0.39 is 29.2 Å². The molecule has 0 saturated carbocycles. The van der Waals surface area contributed by atoms with Crippen molar-refractivity contribution >= 4 is 29.1 Å². The maximum atomic E-state index is 14.5. The molecule has 3 aliphatic rings. The van der Waals surface area contributed by atoms with Gasteiger partial charge in [-0.1, -0.05) is 48.6 Å². The van der Waals surface area contributed by atoms with Gasteiger partial charge in [0.15, 0.2) is 17.3 Å². The number of nitrogens with zero attached hydrogens (tertiary/aromatic N) is 1. The highest BCUT2D eigenvalue weighted by Gasteiger charge is 2.72. The van der Waals surface area contributed by atoms with E-state index in [-0.39, 0.29) is 17.3 Å². The fourth-order valence-corrected chi connectivity index (χ4v) is 6.67. The van der Waals surface area contributed by atoms with E-state index in [9.17, 15) is 18.8 Å². The third kappa shape index (κ3) is 3.04. The summed E-state index contributed by atoms with van der Waals surface area (Å²) >= 11 is 0. The molecule has 3 aromatic carbocycles. The van der Waals surface area contributed by atoms with E-state index >= 15 is 0 Å². The Hall–Kier alpha value is -4.78. The van der Waals surface area contributed by atoms with Crippen LogP contribution in [-0.2, 0) is 0 Å². The maximum absolute atomic E-state index is 14.5. The molecule has 0 unspecified atom stereocenters. The second-order valence-electron chi connectivity index (χ2n) is 10.0. The predicted molar refractivity (Wildman–Crippen MR) is 142 cm³/mol. The molecule has 3 atom stereocenters. The van der Waals surface area contributed by atoms with Crippen molar-refractivity contribution in [2.45, 2.75) is 18.0 Å². The second-order valence-corrected chi connectivity index (χ2v) is 10.0. The largest absolute Gasteiger partial charge is 0.497 e. The second kappa shape index (κ2) is 8.36. The molecule has 7 rings (SSSR count). The number of Topliss-reactive ketones (excluding diaryl/α,β-unsaturated/α-hetero) is 3. The number of anilines is 1. The number of carbonyl (C=O) groups excluding carboxylic acids is 3. The molecule has 1 saturated heterocycles. The first-order valence-corrected chi connectivity index (χ1v) is 12.6. The number of halogens is 1. The summed E-state index contributed by atoms with van der Waals surface area (Å²) in [6, 6.07) is 19.4. The number of ether oxygens (including phenoxy) is 1. The molecule has 1 fully saturated rings. The van der Waals surface area contributed by atoms with Crippen LogP contribution in [0.1, 0.15) is 48.3 Å². The Labute approximate surface area is 223 Å². The lowest BCUT2D eigenvalue weighted by Gasteiger charge is -2.37. The van der Waals surface area contributed by atoms with E-state index in [1.165, 1.54) is 25.5 Å². The van der Waals surface area contributed by atoms with Crippen LogP contribution in [0.25, 0.3) is 6.08 Å². The molecule has 0 N–H and O–H groups in total. The minimum absolute atomic E-state index is 0.306. The Balaban J connectivity index is 1.53. The Kier molecular flexibility index (Phi) is 5.01. The topological polar surface area (TPSA) is 76.8 Å². The standard InChI is InChI=1S/C32H22FNO5/c1-38-21-7-4-6-19(17-21)29(35)28-27(25-10-5-15-39-25)32(30(36)22-8-2-3-9-23(22)31(32)37)26-14-11-18-16-20(33)12-13-24(18)34(26)28/h2-17,26-28H,1H3/t26-,27+,28-/m0/s1. The van der Waals surface area contributed by atoms with Crippen LogP contribution in [0.3, 0.4) is 0 Å². The summed E-state index contributed by atoms with van der Waals surface area (Å²) in [5, 5.41) is 0. The normalized spacial score (nSPS) is 22.1. The van der Waals surface area contributed by atoms with Gasteiger partial charge in [-0.3, -0.25) is 14.4 Å². The van der Waals surface area contributed by atoms with Gasteiger partial charge in [-0.15, -0.1) is 0 Å². The SMILES string of the molecule is COc1cccc(C(=O)[C@@H]2[C@@H](c3ccco3)C3(C(=O)c4ccccc4C3=O)[C@@H]3C=Cc4cc(F)ccc4N23)c1. The van der Waals surface area contributed by atoms with Gasteiger partial charge in [0.2, 0.25) is 0 Å². The van der Waals surface area contributed by atoms with Crippen molar-refractivity contribution < 1.29 is 27.9 Å². The molecule has 2 aliphatic heterocycles. The number of furan rings is 1. The Morgan fingerprint density at radius 1 is 0.949 bits per heavy atom. The molecule has 39 heavy (non-hydrogen) atoms. The van der Waals surface area contributed by atoms with Gasteiger partial charge < -0.3 is 14.1 Å². The first kappa shape index (κ1) is 23.3. The molecule has 0 radical (unpaired) electrons. The highest BCUT2D eigenvalue weighted by atomic mass is 19.1. The lowest BCUT2D eigenvalue weighted by molar-refractivity contribution is 0.0652. The third-order valence-corrected chi connectivity index (χ3v) is 8.24. The molecule has 1 aliphatic carbocycles. The predicted octanol–water partition coefficient (Wildman–Crippen LogP) is 5.74. The molecule has 192 valence electrons. The highest BCUT2D eigenvalue weighted by molar-refractivity contribution is 6.32. The van der Waals surface area contributed by atoms with Crippen LogP contribution in [0.15, 0.2) is 95.6 Å². The molecule has 0 bridgehead atoms. The van der Waals surface area contributed by atoms with Crippen molar-refractivity contribution in [2.75, 3.05) is 12.0 Å². The van der Waals surface area contributed by atoms with Gasteiger partial charge in [-0.2, -0.15) is 0 Å². The Morgan fingerprint density at radius 3 is 2.41 bits per heavy atom. The fraction of sp³-hybridized carbons (Fsp3) is 0.156. The summed E-state index contributed by atoms with van der Waals surface area (Å²) in [6.45, 7) is 0. The average molecular weight is 520 g/mol. The molecule has 7 heteroatoms. The van der Waals surface area contributed by atoms with E-state index in [1.54, 1.807) is 78.9 Å². The van der Waals surface area contributed by atoms with Crippen molar-refractivity contribution in [1.29, 1.82) is 0 Å². The minimum atomic E-state index is -1.66. The number of hydrogen-bond donors (Lipinski definition) is 0. The van der Waals surface area contributed by atoms with E-state index in [1.807, 2.05) is 4.90 Å². The average Bonchev–Trinajstić information content (AvgIpc) is 3.65. The molecule has 4 aromatic rings. The van der Waals surface area contributed by atoms with Crippen molar-refractivity contribution in [1.82, 2.24) is 0 Å². The molecule has 0 amide bonds. The summed E-state index contributed by atoms with van der Waals surface area (Å²) in [4.78, 5) is 45.2. The highest BCUT2D eigenvalue weighted by Crippen LogP contribution is 2.61. The summed E-state index contributed by atoms with van der Waals surface area (Å²) < 4.78 is 25.5. The molecular formula is C32H22FNO5. The first-order chi connectivity index (χ1) is 19.0. The van der Waals surface area contributed by atoms with Gasteiger partial charge in [0.1, 0.15) is 28.8 Å². The zero-order valence-corrected chi connectivity index (χ0v) is 20.8. The Morgan fingerprint density at radius 2 is 1.72 bits per heavy atom. The fourth-order valence-electron chi connectivity index (χ4n) is 6.67. The number of ketones is 3. The van der Waals surface area contributed by atoms with Gasteiger partial charge in [0.25, 0.3) is 0 Å². The van der Waals surface area contributed by atoms with Crippen molar-refractivity contribution in [3.63, 3.8) is 0 Å². The van der Waals surface area contributed by atoms with Crippen molar-refractivity contribution in [3.05, 3.63) is 125 Å². The summed E-state index contributed by atoms with van der Waals surface area (Å²) in [5.41, 5.74) is 0.470. The molecule has 1 spiro atoms. The van der Waals surface area contributed by atoms with Gasteiger partial charge >= 0.3 is 0 Å². The van der Waals surface area contributed by atoms with Crippen LogP contribution in [0, 0.1) is 11.2 Å². The van der Waals surface area contributed by atoms with Crippen LogP contribution in [0.5, 0.6) is 5.75 Å². The molecule has 3 heterocycles. The quantitative estimate of drug-likeness (QED) is 0.253. The summed E-state index contributed by atoms with van der Waals surface area (Å²) in [5.74, 6) is -1.53. The molecular weight excluding hydrogens is 497 g/mol. The van der Waals surface area contributed by atoms with Crippen LogP contribution >= 0.6 is 0 Å². The van der Waals surface area contributed by atoms with Gasteiger partial charge in [0.05, 0.1) is 25.3 Å². The van der Waals surface area contributed by atoms with E-state index in [0.717, 1.165) is 0 Å². The van der Waals surface area contributed by atoms with Crippen molar-refractivity contribution in [3.8, 4) is 5.75 Å². The third-order valence-electron chi connectivity index (χ3n) is 8.24. The molecule has 1 aromatic heterocycles. The smallest absolute Gasteiger partial charge is 0.186 e. The van der Waals surface area contributed by atoms with Gasteiger partial charge in [-0.25, -0.2) is 4.39 Å². The number of fused-ring (bicyclic) bond motifs is 5. The van der Waals surface area contributed by atoms with Gasteiger partial charge in [0, 0.05) is 27.9 Å². The molecule has 6 nitrogen and oxygen atoms in total. The van der Waals surface area contributed by atoms with Crippen LogP contribution in [0.4, 0.5) is 10.1 Å². The van der Waals surface area contributed by atoms with Gasteiger partial charge in [-0.05, 0) is 42.5 Å². The van der Waals surface area contributed by atoms with Crippen LogP contribution in [-0.4, -0.2) is 36.5 Å². The lowest BCUT2D eigenvalue weighted by atomic mass is 9.65. The number of methoxy groups -OCH3 is 1.